The molecule has 0 aliphatic rings. The van der Waals surface area contributed by atoms with Gasteiger partial charge in [0, 0.05) is 18.7 Å². The third-order valence-electron chi connectivity index (χ3n) is 3.17. The molecule has 134 valence electrons. The van der Waals surface area contributed by atoms with Gasteiger partial charge in [0.2, 0.25) is 11.8 Å². The van der Waals surface area contributed by atoms with E-state index in [1.54, 1.807) is 6.07 Å². The molecule has 1 rings (SSSR count). The number of nitrogens with one attached hydrogen (secondary N) is 2. The lowest BCUT2D eigenvalue weighted by molar-refractivity contribution is -0.126. The van der Waals surface area contributed by atoms with E-state index in [2.05, 4.69) is 10.6 Å². The molecule has 0 aromatic heterocycles. The van der Waals surface area contributed by atoms with Crippen molar-refractivity contribution in [1.82, 2.24) is 10.2 Å². The normalized spacial score (nSPS) is 10.4. The molecule has 0 radical (unpaired) electrons. The molecular weight excluding hydrogens is 334 g/mol. The third-order valence-corrected chi connectivity index (χ3v) is 3.47. The van der Waals surface area contributed by atoms with Crippen LogP contribution in [0.5, 0.6) is 11.5 Å². The van der Waals surface area contributed by atoms with E-state index in [0.29, 0.717) is 28.8 Å². The average molecular weight is 358 g/mol. The zero-order valence-electron chi connectivity index (χ0n) is 14.4. The van der Waals surface area contributed by atoms with Crippen LogP contribution >= 0.6 is 11.6 Å². The number of carbonyl (C=O) groups is 2. The van der Waals surface area contributed by atoms with E-state index in [1.165, 1.54) is 20.3 Å². The Morgan fingerprint density at radius 2 is 1.79 bits per heavy atom. The lowest BCUT2D eigenvalue weighted by Gasteiger charge is -2.13. The number of benzene rings is 1. The standard InChI is InChI=1S/C16H24ClN3O4/c1-20(2)7-5-6-18-15(21)10-16(22)19-12-9-13(23-3)11(17)8-14(12)24-4/h8-9H,5-7,10H2,1-4H3,(H,18,21)(H,19,22). The molecule has 0 heterocycles. The highest BCUT2D eigenvalue weighted by Gasteiger charge is 2.14. The zero-order valence-corrected chi connectivity index (χ0v) is 15.2. The molecule has 1 aromatic rings. The van der Waals surface area contributed by atoms with Crippen molar-refractivity contribution in [2.45, 2.75) is 12.8 Å². The van der Waals surface area contributed by atoms with Crippen molar-refractivity contribution in [1.29, 1.82) is 0 Å². The molecule has 0 atom stereocenters. The number of halogens is 1. The van der Waals surface area contributed by atoms with Crippen LogP contribution in [0.1, 0.15) is 12.8 Å². The summed E-state index contributed by atoms with van der Waals surface area (Å²) in [5, 5.41) is 5.71. The number of carbonyl (C=O) groups excluding carboxylic acids is 2. The number of methoxy groups -OCH3 is 2. The van der Waals surface area contributed by atoms with Gasteiger partial charge < -0.3 is 25.0 Å². The number of amides is 2. The molecular formula is C16H24ClN3O4. The van der Waals surface area contributed by atoms with Gasteiger partial charge in [-0.1, -0.05) is 11.6 Å². The van der Waals surface area contributed by atoms with Crippen LogP contribution in [0.4, 0.5) is 5.69 Å². The van der Waals surface area contributed by atoms with Crippen LogP contribution in [-0.2, 0) is 9.59 Å². The predicted molar refractivity (Wildman–Crippen MR) is 94.0 cm³/mol. The molecule has 0 saturated carbocycles. The van der Waals surface area contributed by atoms with Gasteiger partial charge in [-0.15, -0.1) is 0 Å². The summed E-state index contributed by atoms with van der Waals surface area (Å²) in [4.78, 5) is 25.8. The highest BCUT2D eigenvalue weighted by molar-refractivity contribution is 6.32. The van der Waals surface area contributed by atoms with Gasteiger partial charge in [0.15, 0.2) is 0 Å². The molecule has 0 aliphatic heterocycles. The number of rotatable bonds is 9. The summed E-state index contributed by atoms with van der Waals surface area (Å²) in [5.41, 5.74) is 0.393. The smallest absolute Gasteiger partial charge is 0.233 e. The first kappa shape index (κ1) is 20.1. The van der Waals surface area contributed by atoms with Gasteiger partial charge in [-0.3, -0.25) is 9.59 Å². The second-order valence-electron chi connectivity index (χ2n) is 5.42. The maximum absolute atomic E-state index is 12.0. The molecule has 2 amide bonds. The minimum Gasteiger partial charge on any atom is -0.495 e. The number of anilines is 1. The molecule has 24 heavy (non-hydrogen) atoms. The van der Waals surface area contributed by atoms with E-state index in [9.17, 15) is 9.59 Å². The Labute approximate surface area is 147 Å². The van der Waals surface area contributed by atoms with E-state index in [0.717, 1.165) is 13.0 Å². The molecule has 0 aliphatic carbocycles. The summed E-state index contributed by atoms with van der Waals surface area (Å²) in [6.45, 7) is 1.40. The van der Waals surface area contributed by atoms with Gasteiger partial charge in [0.05, 0.1) is 24.9 Å². The Kier molecular flexibility index (Phi) is 8.35. The molecule has 0 unspecified atom stereocenters. The maximum Gasteiger partial charge on any atom is 0.233 e. The Bertz CT molecular complexity index is 579. The maximum atomic E-state index is 12.0. The predicted octanol–water partition coefficient (Wildman–Crippen LogP) is 1.75. The van der Waals surface area contributed by atoms with Crippen LogP contribution in [0.3, 0.4) is 0 Å². The van der Waals surface area contributed by atoms with Crippen molar-refractivity contribution in [3.8, 4) is 11.5 Å². The lowest BCUT2D eigenvalue weighted by atomic mass is 10.2. The summed E-state index contributed by atoms with van der Waals surface area (Å²) in [7, 11) is 6.86. The summed E-state index contributed by atoms with van der Waals surface area (Å²) in [6.07, 6.45) is 0.554. The molecule has 0 fully saturated rings. The van der Waals surface area contributed by atoms with Gasteiger partial charge in [-0.2, -0.15) is 0 Å². The first-order valence-corrected chi connectivity index (χ1v) is 7.88. The second kappa shape index (κ2) is 10.00. The van der Waals surface area contributed by atoms with E-state index in [-0.39, 0.29) is 12.3 Å². The molecule has 7 nitrogen and oxygen atoms in total. The van der Waals surface area contributed by atoms with Crippen molar-refractivity contribution < 1.29 is 19.1 Å². The third kappa shape index (κ3) is 6.64. The van der Waals surface area contributed by atoms with Crippen LogP contribution in [0.25, 0.3) is 0 Å². The first-order chi connectivity index (χ1) is 11.4. The topological polar surface area (TPSA) is 79.9 Å². The van der Waals surface area contributed by atoms with Crippen LogP contribution in [0.2, 0.25) is 5.02 Å². The minimum absolute atomic E-state index is 0.268. The van der Waals surface area contributed by atoms with Crippen LogP contribution in [-0.4, -0.2) is 58.1 Å². The molecule has 0 spiro atoms. The summed E-state index contributed by atoms with van der Waals surface area (Å²) >= 11 is 6.01. The van der Waals surface area contributed by atoms with Crippen LogP contribution in [0, 0.1) is 0 Å². The number of nitrogens with zero attached hydrogens (tertiary/aromatic N) is 1. The fourth-order valence-corrected chi connectivity index (χ4v) is 2.21. The first-order valence-electron chi connectivity index (χ1n) is 7.50. The molecule has 0 bridgehead atoms. The van der Waals surface area contributed by atoms with Gasteiger partial charge in [-0.05, 0) is 27.1 Å². The average Bonchev–Trinajstić information content (AvgIpc) is 2.52. The van der Waals surface area contributed by atoms with Crippen molar-refractivity contribution in [3.05, 3.63) is 17.2 Å². The van der Waals surface area contributed by atoms with Crippen molar-refractivity contribution in [2.75, 3.05) is 46.7 Å². The van der Waals surface area contributed by atoms with Gasteiger partial charge in [0.25, 0.3) is 0 Å². The van der Waals surface area contributed by atoms with Crippen molar-refractivity contribution in [2.24, 2.45) is 0 Å². The largest absolute Gasteiger partial charge is 0.495 e. The SMILES string of the molecule is COc1cc(NC(=O)CC(=O)NCCCN(C)C)c(OC)cc1Cl. The second-order valence-corrected chi connectivity index (χ2v) is 5.83. The van der Waals surface area contributed by atoms with Gasteiger partial charge >= 0.3 is 0 Å². The van der Waals surface area contributed by atoms with Gasteiger partial charge in [0.1, 0.15) is 17.9 Å². The quantitative estimate of drug-likeness (QED) is 0.520. The number of hydrogen-bond acceptors (Lipinski definition) is 5. The Morgan fingerprint density at radius 3 is 2.38 bits per heavy atom. The summed E-state index contributed by atoms with van der Waals surface area (Å²) in [6, 6.07) is 3.09. The highest BCUT2D eigenvalue weighted by Crippen LogP contribution is 2.35. The summed E-state index contributed by atoms with van der Waals surface area (Å²) < 4.78 is 10.3. The zero-order chi connectivity index (χ0) is 18.1. The van der Waals surface area contributed by atoms with E-state index >= 15 is 0 Å². The van der Waals surface area contributed by atoms with E-state index in [4.69, 9.17) is 21.1 Å². The van der Waals surface area contributed by atoms with E-state index in [1.807, 2.05) is 19.0 Å². The van der Waals surface area contributed by atoms with E-state index < -0.39 is 5.91 Å². The van der Waals surface area contributed by atoms with Crippen LogP contribution < -0.4 is 20.1 Å². The molecule has 1 aromatic carbocycles. The number of ether oxygens (including phenoxy) is 2. The van der Waals surface area contributed by atoms with Crippen LogP contribution in [0.15, 0.2) is 12.1 Å². The monoisotopic (exact) mass is 357 g/mol. The minimum atomic E-state index is -0.442. The Morgan fingerprint density at radius 1 is 1.12 bits per heavy atom. The molecule has 2 N–H and O–H groups in total. The molecule has 0 saturated heterocycles. The van der Waals surface area contributed by atoms with Crippen molar-refractivity contribution in [3.63, 3.8) is 0 Å². The fraction of sp³-hybridized carbons (Fsp3) is 0.500. The molecule has 8 heteroatoms. The van der Waals surface area contributed by atoms with Gasteiger partial charge in [-0.25, -0.2) is 0 Å². The lowest BCUT2D eigenvalue weighted by Crippen LogP contribution is -2.30. The number of hydrogen-bond donors (Lipinski definition) is 2. The van der Waals surface area contributed by atoms with Crippen molar-refractivity contribution >= 4 is 29.1 Å². The Hall–Kier alpha value is -1.99. The fourth-order valence-electron chi connectivity index (χ4n) is 1.98. The highest BCUT2D eigenvalue weighted by atomic mass is 35.5. The summed E-state index contributed by atoms with van der Waals surface area (Å²) in [5.74, 6) is 0.0235. The Balaban J connectivity index is 2.57.